The van der Waals surface area contributed by atoms with E-state index in [1.165, 1.54) is 4.90 Å². The first-order chi connectivity index (χ1) is 7.16. The van der Waals surface area contributed by atoms with Crippen LogP contribution in [0.4, 0.5) is 10.5 Å². The van der Waals surface area contributed by atoms with E-state index in [-0.39, 0.29) is 6.03 Å². The average Bonchev–Trinajstić information content (AvgIpc) is 2.64. The van der Waals surface area contributed by atoms with Crippen LogP contribution in [0, 0.1) is 0 Å². The summed E-state index contributed by atoms with van der Waals surface area (Å²) in [6.45, 7) is 0.737. The van der Waals surface area contributed by atoms with Gasteiger partial charge in [-0.25, -0.2) is 4.79 Å². The van der Waals surface area contributed by atoms with Crippen LogP contribution in [0.5, 0.6) is 5.75 Å². The highest BCUT2D eigenvalue weighted by molar-refractivity contribution is 5.89. The lowest BCUT2D eigenvalue weighted by atomic mass is 10.1. The molecule has 0 saturated heterocycles. The first-order valence-corrected chi connectivity index (χ1v) is 4.91. The predicted octanol–water partition coefficient (Wildman–Crippen LogP) is 1.72. The molecule has 0 radical (unpaired) electrons. The molecule has 1 heterocycles. The maximum Gasteiger partial charge on any atom is 0.321 e. The number of anilines is 1. The van der Waals surface area contributed by atoms with Crippen molar-refractivity contribution in [1.82, 2.24) is 4.90 Å². The third-order valence-corrected chi connectivity index (χ3v) is 2.35. The number of urea groups is 1. The van der Waals surface area contributed by atoms with Gasteiger partial charge in [0, 0.05) is 26.2 Å². The molecule has 1 aromatic carbocycles. The molecule has 0 unspecified atom stereocenters. The molecule has 0 bridgehead atoms. The first-order valence-electron chi connectivity index (χ1n) is 4.91. The topological polar surface area (TPSA) is 41.6 Å². The van der Waals surface area contributed by atoms with Crippen molar-refractivity contribution >= 4 is 11.7 Å². The average molecular weight is 206 g/mol. The van der Waals surface area contributed by atoms with Crippen molar-refractivity contribution < 1.29 is 9.53 Å². The number of carbonyl (C=O) groups excluding carboxylic acids is 1. The lowest BCUT2D eigenvalue weighted by Crippen LogP contribution is -2.27. The zero-order chi connectivity index (χ0) is 10.8. The SMILES string of the molecule is CN(C)C(=O)Nc1ccc2c(c1)CCO2. The minimum Gasteiger partial charge on any atom is -0.493 e. The van der Waals surface area contributed by atoms with Gasteiger partial charge in [0.15, 0.2) is 0 Å². The number of rotatable bonds is 1. The summed E-state index contributed by atoms with van der Waals surface area (Å²) in [5, 5.41) is 2.80. The molecule has 0 aromatic heterocycles. The molecule has 0 saturated carbocycles. The molecule has 1 aliphatic rings. The summed E-state index contributed by atoms with van der Waals surface area (Å²) in [6, 6.07) is 5.59. The van der Waals surface area contributed by atoms with Crippen LogP contribution in [0.3, 0.4) is 0 Å². The number of nitrogens with one attached hydrogen (secondary N) is 1. The van der Waals surface area contributed by atoms with Crippen molar-refractivity contribution in [3.8, 4) is 5.75 Å². The molecule has 1 aliphatic heterocycles. The summed E-state index contributed by atoms with van der Waals surface area (Å²) in [4.78, 5) is 12.9. The number of amides is 2. The molecule has 15 heavy (non-hydrogen) atoms. The molecular weight excluding hydrogens is 192 g/mol. The summed E-state index contributed by atoms with van der Waals surface area (Å²) in [6.07, 6.45) is 0.918. The van der Waals surface area contributed by atoms with Crippen LogP contribution in [0.15, 0.2) is 18.2 Å². The fraction of sp³-hybridized carbons (Fsp3) is 0.364. The van der Waals surface area contributed by atoms with Gasteiger partial charge in [-0.1, -0.05) is 0 Å². The quantitative estimate of drug-likeness (QED) is 0.760. The summed E-state index contributed by atoms with van der Waals surface area (Å²) < 4.78 is 5.38. The van der Waals surface area contributed by atoms with Crippen molar-refractivity contribution in [1.29, 1.82) is 0 Å². The number of fused-ring (bicyclic) bond motifs is 1. The minimum atomic E-state index is -0.117. The summed E-state index contributed by atoms with van der Waals surface area (Å²) in [5.74, 6) is 0.929. The summed E-state index contributed by atoms with van der Waals surface area (Å²) in [7, 11) is 3.43. The predicted molar refractivity (Wildman–Crippen MR) is 58.3 cm³/mol. The highest BCUT2D eigenvalue weighted by Gasteiger charge is 2.13. The van der Waals surface area contributed by atoms with Gasteiger partial charge in [-0.2, -0.15) is 0 Å². The van der Waals surface area contributed by atoms with Gasteiger partial charge in [0.1, 0.15) is 5.75 Å². The summed E-state index contributed by atoms with van der Waals surface area (Å²) >= 11 is 0. The standard InChI is InChI=1S/C11H14N2O2/c1-13(2)11(14)12-9-3-4-10-8(7-9)5-6-15-10/h3-4,7H,5-6H2,1-2H3,(H,12,14). The zero-order valence-corrected chi connectivity index (χ0v) is 8.91. The van der Waals surface area contributed by atoms with Crippen LogP contribution >= 0.6 is 0 Å². The number of hydrogen-bond donors (Lipinski definition) is 1. The molecule has 80 valence electrons. The Balaban J connectivity index is 2.13. The van der Waals surface area contributed by atoms with Crippen molar-refractivity contribution in [2.24, 2.45) is 0 Å². The molecule has 4 heteroatoms. The number of nitrogens with zero attached hydrogens (tertiary/aromatic N) is 1. The van der Waals surface area contributed by atoms with E-state index in [1.807, 2.05) is 18.2 Å². The third-order valence-electron chi connectivity index (χ3n) is 2.35. The van der Waals surface area contributed by atoms with Crippen molar-refractivity contribution in [2.45, 2.75) is 6.42 Å². The molecule has 0 aliphatic carbocycles. The van der Waals surface area contributed by atoms with Gasteiger partial charge >= 0.3 is 6.03 Å². The highest BCUT2D eigenvalue weighted by atomic mass is 16.5. The lowest BCUT2D eigenvalue weighted by molar-refractivity contribution is 0.230. The van der Waals surface area contributed by atoms with Crippen LogP contribution in [-0.2, 0) is 6.42 Å². The Morgan fingerprint density at radius 3 is 3.00 bits per heavy atom. The maximum atomic E-state index is 11.4. The van der Waals surface area contributed by atoms with Crippen LogP contribution in [-0.4, -0.2) is 31.6 Å². The van der Waals surface area contributed by atoms with Gasteiger partial charge in [0.25, 0.3) is 0 Å². The number of benzene rings is 1. The Morgan fingerprint density at radius 2 is 2.27 bits per heavy atom. The van der Waals surface area contributed by atoms with Gasteiger partial charge in [-0.05, 0) is 23.8 Å². The first kappa shape index (κ1) is 9.83. The van der Waals surface area contributed by atoms with Crippen molar-refractivity contribution in [3.63, 3.8) is 0 Å². The molecule has 4 nitrogen and oxygen atoms in total. The molecule has 2 rings (SSSR count). The fourth-order valence-electron chi connectivity index (χ4n) is 1.50. The van der Waals surface area contributed by atoms with Gasteiger partial charge in [-0.3, -0.25) is 0 Å². The molecule has 0 fully saturated rings. The van der Waals surface area contributed by atoms with Gasteiger partial charge < -0.3 is 15.0 Å². The van der Waals surface area contributed by atoms with E-state index >= 15 is 0 Å². The van der Waals surface area contributed by atoms with Crippen molar-refractivity contribution in [3.05, 3.63) is 23.8 Å². The van der Waals surface area contributed by atoms with E-state index in [9.17, 15) is 4.79 Å². The Bertz CT molecular complexity index is 388. The summed E-state index contributed by atoms with van der Waals surface area (Å²) in [5.41, 5.74) is 1.98. The van der Waals surface area contributed by atoms with Gasteiger partial charge in [0.2, 0.25) is 0 Å². The zero-order valence-electron chi connectivity index (χ0n) is 8.91. The van der Waals surface area contributed by atoms with E-state index in [2.05, 4.69) is 5.32 Å². The van der Waals surface area contributed by atoms with E-state index in [1.54, 1.807) is 14.1 Å². The fourth-order valence-corrected chi connectivity index (χ4v) is 1.50. The Morgan fingerprint density at radius 1 is 1.47 bits per heavy atom. The van der Waals surface area contributed by atoms with E-state index in [0.29, 0.717) is 0 Å². The highest BCUT2D eigenvalue weighted by Crippen LogP contribution is 2.27. The van der Waals surface area contributed by atoms with Crippen LogP contribution in [0.2, 0.25) is 0 Å². The minimum absolute atomic E-state index is 0.117. The maximum absolute atomic E-state index is 11.4. The van der Waals surface area contributed by atoms with E-state index in [0.717, 1.165) is 30.0 Å². The lowest BCUT2D eigenvalue weighted by Gasteiger charge is -2.12. The normalized spacial score (nSPS) is 12.9. The number of carbonyl (C=O) groups is 1. The third kappa shape index (κ3) is 2.03. The van der Waals surface area contributed by atoms with E-state index < -0.39 is 0 Å². The molecular formula is C11H14N2O2. The van der Waals surface area contributed by atoms with Crippen LogP contribution in [0.1, 0.15) is 5.56 Å². The second kappa shape index (κ2) is 3.81. The Labute approximate surface area is 88.8 Å². The van der Waals surface area contributed by atoms with Crippen molar-refractivity contribution in [2.75, 3.05) is 26.0 Å². The van der Waals surface area contributed by atoms with E-state index in [4.69, 9.17) is 4.74 Å². The molecule has 1 N–H and O–H groups in total. The van der Waals surface area contributed by atoms with Gasteiger partial charge in [0.05, 0.1) is 6.61 Å². The second-order valence-electron chi connectivity index (χ2n) is 3.75. The Kier molecular flexibility index (Phi) is 2.49. The van der Waals surface area contributed by atoms with Crippen LogP contribution in [0.25, 0.3) is 0 Å². The number of ether oxygens (including phenoxy) is 1. The largest absolute Gasteiger partial charge is 0.493 e. The molecule has 0 spiro atoms. The number of hydrogen-bond acceptors (Lipinski definition) is 2. The molecule has 1 aromatic rings. The second-order valence-corrected chi connectivity index (χ2v) is 3.75. The van der Waals surface area contributed by atoms with Crippen LogP contribution < -0.4 is 10.1 Å². The molecule has 2 amide bonds. The smallest absolute Gasteiger partial charge is 0.321 e. The Hall–Kier alpha value is -1.71. The monoisotopic (exact) mass is 206 g/mol. The molecule has 0 atom stereocenters. The van der Waals surface area contributed by atoms with Gasteiger partial charge in [-0.15, -0.1) is 0 Å².